The number of aryl methyl sites for hydroxylation is 1. The standard InChI is InChI=1S/C29H33N3O2.C2H6/c1-7-9-19(2)23-18-24-20(3)30-17-14-25(24)31-26(23)21-10-12-22(13-11-21)29(15-8-16-29)32-27(33)34-28(4,5)6;1-2/h7,9-14,17-18H,2,8,15-16H2,1,3-6H3,(H,32,33);1-2H3/b9-7-;. The number of alkyl carbamates (subject to hydrolysis) is 1. The van der Waals surface area contributed by atoms with Gasteiger partial charge in [0.25, 0.3) is 0 Å². The summed E-state index contributed by atoms with van der Waals surface area (Å²) in [5, 5.41) is 4.16. The molecule has 5 heteroatoms. The average Bonchev–Trinajstić information content (AvgIpc) is 2.81. The van der Waals surface area contributed by atoms with E-state index in [9.17, 15) is 4.79 Å². The van der Waals surface area contributed by atoms with Gasteiger partial charge in [0, 0.05) is 28.4 Å². The fourth-order valence-electron chi connectivity index (χ4n) is 4.45. The molecule has 2 heterocycles. The lowest BCUT2D eigenvalue weighted by atomic mass is 9.71. The highest BCUT2D eigenvalue weighted by atomic mass is 16.6. The van der Waals surface area contributed by atoms with Gasteiger partial charge < -0.3 is 10.1 Å². The summed E-state index contributed by atoms with van der Waals surface area (Å²) in [6, 6.07) is 12.4. The molecule has 1 amide bonds. The van der Waals surface area contributed by atoms with Crippen molar-refractivity contribution >= 4 is 22.6 Å². The zero-order valence-corrected chi connectivity index (χ0v) is 22.7. The smallest absolute Gasteiger partial charge is 0.408 e. The Morgan fingerprint density at radius 2 is 1.81 bits per heavy atom. The minimum Gasteiger partial charge on any atom is -0.444 e. The fraction of sp³-hybridized carbons (Fsp3) is 0.387. The topological polar surface area (TPSA) is 64.1 Å². The second-order valence-corrected chi connectivity index (χ2v) is 10.0. The third-order valence-electron chi connectivity index (χ3n) is 6.31. The SMILES string of the molecule is C=C(/C=C\C)c1cc2c(C)nccc2nc1-c1ccc(C2(NC(=O)OC(C)(C)C)CCC2)cc1.CC. The number of ether oxygens (including phenoxy) is 1. The fourth-order valence-corrected chi connectivity index (χ4v) is 4.45. The van der Waals surface area contributed by atoms with Gasteiger partial charge in [0.2, 0.25) is 0 Å². The van der Waals surface area contributed by atoms with Crippen LogP contribution in [0.5, 0.6) is 0 Å². The molecule has 1 aliphatic rings. The molecule has 0 atom stereocenters. The monoisotopic (exact) mass is 485 g/mol. The Balaban J connectivity index is 0.00000176. The number of carbonyl (C=O) groups excluding carboxylic acids is 1. The number of benzene rings is 1. The first kappa shape index (κ1) is 27.1. The number of amides is 1. The molecule has 1 aromatic carbocycles. The van der Waals surface area contributed by atoms with Gasteiger partial charge in [0.05, 0.1) is 16.7 Å². The Hall–Kier alpha value is -3.47. The number of allylic oxidation sites excluding steroid dienone is 3. The van der Waals surface area contributed by atoms with E-state index in [4.69, 9.17) is 9.72 Å². The van der Waals surface area contributed by atoms with Gasteiger partial charge in [-0.2, -0.15) is 0 Å². The van der Waals surface area contributed by atoms with E-state index in [2.05, 4.69) is 47.2 Å². The molecular weight excluding hydrogens is 446 g/mol. The molecule has 2 aromatic heterocycles. The van der Waals surface area contributed by atoms with Crippen LogP contribution in [0.4, 0.5) is 4.79 Å². The number of rotatable bonds is 5. The van der Waals surface area contributed by atoms with Crippen molar-refractivity contribution in [1.29, 1.82) is 0 Å². The summed E-state index contributed by atoms with van der Waals surface area (Å²) < 4.78 is 5.52. The third kappa shape index (κ3) is 5.84. The highest BCUT2D eigenvalue weighted by molar-refractivity contribution is 5.92. The van der Waals surface area contributed by atoms with Gasteiger partial charge in [-0.05, 0) is 77.2 Å². The van der Waals surface area contributed by atoms with Crippen molar-refractivity contribution in [3.8, 4) is 11.3 Å². The second-order valence-electron chi connectivity index (χ2n) is 10.0. The van der Waals surface area contributed by atoms with Gasteiger partial charge >= 0.3 is 6.09 Å². The zero-order chi connectivity index (χ0) is 26.5. The van der Waals surface area contributed by atoms with Crippen molar-refractivity contribution in [3.63, 3.8) is 0 Å². The number of aromatic nitrogens is 2. The normalized spacial score (nSPS) is 14.5. The van der Waals surface area contributed by atoms with Gasteiger partial charge in [-0.25, -0.2) is 9.78 Å². The molecule has 1 fully saturated rings. The Kier molecular flexibility index (Phi) is 8.34. The molecule has 190 valence electrons. The number of nitrogens with zero attached hydrogens (tertiary/aromatic N) is 2. The predicted octanol–water partition coefficient (Wildman–Crippen LogP) is 8.12. The molecule has 0 unspecified atom stereocenters. The Morgan fingerprint density at radius 1 is 1.14 bits per heavy atom. The second kappa shape index (κ2) is 11.1. The van der Waals surface area contributed by atoms with E-state index < -0.39 is 5.60 Å². The first-order valence-electron chi connectivity index (χ1n) is 12.8. The molecule has 3 aromatic rings. The Labute approximate surface area is 215 Å². The minimum absolute atomic E-state index is 0.374. The zero-order valence-electron chi connectivity index (χ0n) is 22.7. The molecule has 0 aliphatic heterocycles. The lowest BCUT2D eigenvalue weighted by Crippen LogP contribution is -2.52. The van der Waals surface area contributed by atoms with Crippen molar-refractivity contribution in [2.75, 3.05) is 0 Å². The van der Waals surface area contributed by atoms with Crippen molar-refractivity contribution in [3.05, 3.63) is 78.1 Å². The van der Waals surface area contributed by atoms with Crippen LogP contribution in [0.3, 0.4) is 0 Å². The number of hydrogen-bond donors (Lipinski definition) is 1. The van der Waals surface area contributed by atoms with Gasteiger partial charge in [-0.1, -0.05) is 56.8 Å². The van der Waals surface area contributed by atoms with Crippen molar-refractivity contribution in [2.45, 2.75) is 78.9 Å². The largest absolute Gasteiger partial charge is 0.444 e. The van der Waals surface area contributed by atoms with E-state index >= 15 is 0 Å². The predicted molar refractivity (Wildman–Crippen MR) is 150 cm³/mol. The molecule has 1 saturated carbocycles. The molecule has 1 aliphatic carbocycles. The van der Waals surface area contributed by atoms with Crippen LogP contribution in [0.25, 0.3) is 27.7 Å². The van der Waals surface area contributed by atoms with E-state index in [-0.39, 0.29) is 11.6 Å². The summed E-state index contributed by atoms with van der Waals surface area (Å²) in [6.07, 6.45) is 8.27. The lowest BCUT2D eigenvalue weighted by molar-refractivity contribution is 0.0377. The molecule has 4 rings (SSSR count). The number of pyridine rings is 2. The van der Waals surface area contributed by atoms with E-state index in [0.29, 0.717) is 0 Å². The molecule has 0 spiro atoms. The molecule has 5 nitrogen and oxygen atoms in total. The lowest BCUT2D eigenvalue weighted by Gasteiger charge is -2.43. The van der Waals surface area contributed by atoms with Crippen LogP contribution in [-0.2, 0) is 10.3 Å². The highest BCUT2D eigenvalue weighted by Gasteiger charge is 2.41. The van der Waals surface area contributed by atoms with Crippen LogP contribution < -0.4 is 5.32 Å². The summed E-state index contributed by atoms with van der Waals surface area (Å²) in [5.74, 6) is 0. The van der Waals surface area contributed by atoms with Crippen LogP contribution in [-0.4, -0.2) is 21.7 Å². The maximum absolute atomic E-state index is 12.5. The van der Waals surface area contributed by atoms with Crippen LogP contribution in [0.2, 0.25) is 0 Å². The Morgan fingerprint density at radius 3 is 2.36 bits per heavy atom. The van der Waals surface area contributed by atoms with E-state index in [1.807, 2.05) is 66.7 Å². The average molecular weight is 486 g/mol. The molecule has 0 saturated heterocycles. The maximum atomic E-state index is 12.5. The first-order valence-corrected chi connectivity index (χ1v) is 12.8. The maximum Gasteiger partial charge on any atom is 0.408 e. The summed E-state index contributed by atoms with van der Waals surface area (Å²) >= 11 is 0. The Bertz CT molecular complexity index is 1260. The number of carbonyl (C=O) groups is 1. The van der Waals surface area contributed by atoms with Crippen molar-refractivity contribution in [2.24, 2.45) is 0 Å². The van der Waals surface area contributed by atoms with Gasteiger partial charge in [-0.15, -0.1) is 0 Å². The van der Waals surface area contributed by atoms with Crippen LogP contribution in [0.15, 0.2) is 61.3 Å². The summed E-state index contributed by atoms with van der Waals surface area (Å²) in [6.45, 7) is 17.9. The molecule has 1 N–H and O–H groups in total. The van der Waals surface area contributed by atoms with Crippen molar-refractivity contribution < 1.29 is 9.53 Å². The van der Waals surface area contributed by atoms with Gasteiger partial charge in [-0.3, -0.25) is 4.98 Å². The summed E-state index contributed by atoms with van der Waals surface area (Å²) in [7, 11) is 0. The summed E-state index contributed by atoms with van der Waals surface area (Å²) in [5.41, 5.74) is 5.82. The van der Waals surface area contributed by atoms with E-state index in [1.54, 1.807) is 6.20 Å². The molecule has 0 radical (unpaired) electrons. The first-order chi connectivity index (χ1) is 17.1. The number of fused-ring (bicyclic) bond motifs is 1. The highest BCUT2D eigenvalue weighted by Crippen LogP contribution is 2.42. The van der Waals surface area contributed by atoms with Gasteiger partial charge in [0.1, 0.15) is 5.60 Å². The van der Waals surface area contributed by atoms with E-state index in [1.165, 1.54) is 0 Å². The molecule has 0 bridgehead atoms. The molecular formula is C31H39N3O2. The summed E-state index contributed by atoms with van der Waals surface area (Å²) in [4.78, 5) is 21.9. The number of nitrogens with one attached hydrogen (secondary N) is 1. The quantitative estimate of drug-likeness (QED) is 0.371. The third-order valence-corrected chi connectivity index (χ3v) is 6.31. The molecule has 36 heavy (non-hydrogen) atoms. The van der Waals surface area contributed by atoms with Crippen LogP contribution in [0, 0.1) is 6.92 Å². The van der Waals surface area contributed by atoms with Gasteiger partial charge in [0.15, 0.2) is 0 Å². The van der Waals surface area contributed by atoms with Crippen LogP contribution in [0.1, 0.15) is 77.6 Å². The number of hydrogen-bond acceptors (Lipinski definition) is 4. The van der Waals surface area contributed by atoms with Crippen molar-refractivity contribution in [1.82, 2.24) is 15.3 Å². The van der Waals surface area contributed by atoms with E-state index in [0.717, 1.165) is 63.8 Å². The minimum atomic E-state index is -0.528. The van der Waals surface area contributed by atoms with Crippen LogP contribution >= 0.6 is 0 Å².